The van der Waals surface area contributed by atoms with Crippen LogP contribution in [0.2, 0.25) is 5.02 Å². The minimum Gasteiger partial charge on any atom is -0.352 e. The van der Waals surface area contributed by atoms with E-state index in [0.29, 0.717) is 0 Å². The van der Waals surface area contributed by atoms with Gasteiger partial charge in [0.2, 0.25) is 0 Å². The van der Waals surface area contributed by atoms with Gasteiger partial charge in [-0.1, -0.05) is 133 Å². The Bertz CT molecular complexity index is 1940. The summed E-state index contributed by atoms with van der Waals surface area (Å²) < 4.78 is 0. The largest absolute Gasteiger partial charge is 0.352 e. The lowest BCUT2D eigenvalue weighted by Gasteiger charge is -2.17. The zero-order chi connectivity index (χ0) is 26.9. The zero-order valence-corrected chi connectivity index (χ0v) is 22.4. The first kappa shape index (κ1) is 24.2. The summed E-state index contributed by atoms with van der Waals surface area (Å²) in [7, 11) is 0. The van der Waals surface area contributed by atoms with Gasteiger partial charge in [0.15, 0.2) is 0 Å². The number of nitrogens with zero attached hydrogens (tertiary/aromatic N) is 1. The van der Waals surface area contributed by atoms with Gasteiger partial charge in [-0.25, -0.2) is 4.99 Å². The third kappa shape index (κ3) is 4.84. The number of amidine groups is 1. The molecular weight excluding hydrogens is 508 g/mol. The van der Waals surface area contributed by atoms with Crippen LogP contribution in [0.25, 0.3) is 32.7 Å². The first-order valence-electron chi connectivity index (χ1n) is 13.4. The van der Waals surface area contributed by atoms with Crippen LogP contribution in [0.5, 0.6) is 0 Å². The van der Waals surface area contributed by atoms with Crippen molar-refractivity contribution in [3.05, 3.63) is 155 Å². The third-order valence-corrected chi connectivity index (χ3v) is 7.69. The Balaban J connectivity index is 1.30. The molecule has 2 nitrogen and oxygen atoms in total. The number of halogens is 1. The van der Waals surface area contributed by atoms with Gasteiger partial charge in [-0.3, -0.25) is 0 Å². The molecule has 1 aliphatic heterocycles. The minimum atomic E-state index is -0.284. The average Bonchev–Trinajstić information content (AvgIpc) is 3.25. The van der Waals surface area contributed by atoms with Gasteiger partial charge in [0, 0.05) is 10.6 Å². The molecule has 0 fully saturated rings. The Morgan fingerprint density at radius 3 is 1.70 bits per heavy atom. The van der Waals surface area contributed by atoms with E-state index in [0.717, 1.165) is 38.7 Å². The summed E-state index contributed by atoms with van der Waals surface area (Å²) in [5.74, 6) is 7.82. The second kappa shape index (κ2) is 10.4. The summed E-state index contributed by atoms with van der Waals surface area (Å²) in [6.07, 6.45) is 0. The van der Waals surface area contributed by atoms with Crippen LogP contribution in [0.4, 0.5) is 0 Å². The molecule has 2 atom stereocenters. The molecule has 0 saturated heterocycles. The maximum Gasteiger partial charge on any atom is 0.138 e. The van der Waals surface area contributed by atoms with Gasteiger partial charge in [-0.05, 0) is 68.1 Å². The molecule has 0 aromatic heterocycles. The molecule has 0 aliphatic carbocycles. The summed E-state index contributed by atoms with van der Waals surface area (Å²) in [6, 6.07) is 45.8. The molecule has 0 bridgehead atoms. The lowest BCUT2D eigenvalue weighted by atomic mass is 10.0. The van der Waals surface area contributed by atoms with Gasteiger partial charge >= 0.3 is 0 Å². The highest BCUT2D eigenvalue weighted by atomic mass is 35.5. The van der Waals surface area contributed by atoms with E-state index >= 15 is 0 Å². The van der Waals surface area contributed by atoms with Crippen molar-refractivity contribution >= 4 is 39.0 Å². The lowest BCUT2D eigenvalue weighted by molar-refractivity contribution is 0.817. The van der Waals surface area contributed by atoms with Crippen LogP contribution >= 0.6 is 11.6 Å². The minimum absolute atomic E-state index is 0.190. The Kier molecular flexibility index (Phi) is 6.28. The molecule has 190 valence electrons. The van der Waals surface area contributed by atoms with E-state index in [4.69, 9.17) is 16.6 Å². The monoisotopic (exact) mass is 532 g/mol. The van der Waals surface area contributed by atoms with Crippen molar-refractivity contribution in [2.24, 2.45) is 4.99 Å². The summed E-state index contributed by atoms with van der Waals surface area (Å²) in [6.45, 7) is 0. The Morgan fingerprint density at radius 1 is 0.525 bits per heavy atom. The zero-order valence-electron chi connectivity index (χ0n) is 21.7. The van der Waals surface area contributed by atoms with Crippen molar-refractivity contribution in [3.8, 4) is 23.0 Å². The lowest BCUT2D eigenvalue weighted by Crippen LogP contribution is -2.28. The van der Waals surface area contributed by atoms with E-state index in [-0.39, 0.29) is 12.1 Å². The number of benzene rings is 6. The van der Waals surface area contributed by atoms with Crippen molar-refractivity contribution in [1.29, 1.82) is 0 Å². The first-order valence-corrected chi connectivity index (χ1v) is 13.8. The highest BCUT2D eigenvalue weighted by Crippen LogP contribution is 2.28. The summed E-state index contributed by atoms with van der Waals surface area (Å²) >= 11 is 6.10. The van der Waals surface area contributed by atoms with Crippen LogP contribution in [0.15, 0.2) is 138 Å². The van der Waals surface area contributed by atoms with Crippen molar-refractivity contribution in [1.82, 2.24) is 5.32 Å². The van der Waals surface area contributed by atoms with E-state index in [9.17, 15) is 0 Å². The van der Waals surface area contributed by atoms with Crippen molar-refractivity contribution in [2.45, 2.75) is 12.1 Å². The number of hydrogen-bond donors (Lipinski definition) is 1. The molecule has 0 saturated carbocycles. The van der Waals surface area contributed by atoms with Gasteiger partial charge in [0.05, 0.1) is 0 Å². The number of rotatable bonds is 4. The van der Waals surface area contributed by atoms with Gasteiger partial charge in [-0.2, -0.15) is 0 Å². The van der Waals surface area contributed by atoms with Crippen LogP contribution < -0.4 is 5.32 Å². The van der Waals surface area contributed by atoms with Crippen LogP contribution in [-0.2, 0) is 0 Å². The fourth-order valence-electron chi connectivity index (χ4n) is 5.24. The molecule has 40 heavy (non-hydrogen) atoms. The molecule has 0 amide bonds. The van der Waals surface area contributed by atoms with Crippen LogP contribution in [0, 0.1) is 11.8 Å². The molecule has 1 heterocycles. The Labute approximate surface area is 239 Å². The van der Waals surface area contributed by atoms with Crippen LogP contribution in [0.3, 0.4) is 0 Å². The molecule has 1 aliphatic rings. The van der Waals surface area contributed by atoms with Gasteiger partial charge < -0.3 is 5.32 Å². The van der Waals surface area contributed by atoms with E-state index < -0.39 is 0 Å². The molecule has 1 N–H and O–H groups in total. The van der Waals surface area contributed by atoms with Crippen LogP contribution in [0.1, 0.15) is 28.8 Å². The SMILES string of the molecule is Clc1ccc(-c2ccc(C3=NC(c4ccc5ccccc5c4)C#CC(c4ccc5ccccc5c4)N3)cc2)cc1. The third-order valence-electron chi connectivity index (χ3n) is 7.44. The van der Waals surface area contributed by atoms with E-state index in [1.165, 1.54) is 21.5 Å². The highest BCUT2D eigenvalue weighted by Gasteiger charge is 2.19. The molecule has 6 aromatic rings. The molecule has 0 spiro atoms. The standard InChI is InChI=1S/C37H25ClN2/c38-34-19-17-28(18-20-34)27-9-13-29(14-10-27)37-39-35(32-15-11-25-5-1-3-7-30(25)23-32)21-22-36(40-37)33-16-12-26-6-2-4-8-31(26)24-33/h1-20,23-24,35-36H,(H,39,40). The fourth-order valence-corrected chi connectivity index (χ4v) is 5.37. The quantitative estimate of drug-likeness (QED) is 0.225. The normalized spacial score (nSPS) is 16.5. The van der Waals surface area contributed by atoms with Crippen molar-refractivity contribution in [3.63, 3.8) is 0 Å². The maximum absolute atomic E-state index is 6.10. The van der Waals surface area contributed by atoms with Gasteiger partial charge in [0.1, 0.15) is 17.9 Å². The second-order valence-electron chi connectivity index (χ2n) is 10.0. The first-order chi connectivity index (χ1) is 19.7. The van der Waals surface area contributed by atoms with Crippen LogP contribution in [-0.4, -0.2) is 5.84 Å². The molecule has 2 unspecified atom stereocenters. The molecule has 7 rings (SSSR count). The van der Waals surface area contributed by atoms with Gasteiger partial charge in [0.25, 0.3) is 0 Å². The second-order valence-corrected chi connectivity index (χ2v) is 10.5. The van der Waals surface area contributed by atoms with Gasteiger partial charge in [-0.15, -0.1) is 0 Å². The predicted octanol–water partition coefficient (Wildman–Crippen LogP) is 9.15. The number of hydrogen-bond acceptors (Lipinski definition) is 2. The number of aliphatic imine (C=N–C) groups is 1. The number of nitrogens with one attached hydrogen (secondary N) is 1. The summed E-state index contributed by atoms with van der Waals surface area (Å²) in [4.78, 5) is 5.19. The maximum atomic E-state index is 6.10. The summed E-state index contributed by atoms with van der Waals surface area (Å²) in [5, 5.41) is 9.22. The fraction of sp³-hybridized carbons (Fsp3) is 0.0541. The molecular formula is C37H25ClN2. The van der Waals surface area contributed by atoms with Crippen molar-refractivity contribution in [2.75, 3.05) is 0 Å². The number of fused-ring (bicyclic) bond motifs is 2. The van der Waals surface area contributed by atoms with E-state index in [1.54, 1.807) is 0 Å². The van der Waals surface area contributed by atoms with Crippen molar-refractivity contribution < 1.29 is 0 Å². The predicted molar refractivity (Wildman–Crippen MR) is 168 cm³/mol. The molecule has 0 radical (unpaired) electrons. The Morgan fingerprint density at radius 2 is 1.05 bits per heavy atom. The average molecular weight is 533 g/mol. The van der Waals surface area contributed by atoms with E-state index in [2.05, 4.69) is 126 Å². The van der Waals surface area contributed by atoms with E-state index in [1.807, 2.05) is 24.3 Å². The highest BCUT2D eigenvalue weighted by molar-refractivity contribution is 6.30. The Hall–Kier alpha value is -4.84. The molecule has 6 aromatic carbocycles. The smallest absolute Gasteiger partial charge is 0.138 e. The summed E-state index contributed by atoms with van der Waals surface area (Å²) in [5.41, 5.74) is 5.47. The topological polar surface area (TPSA) is 24.4 Å². The molecule has 3 heteroatoms.